The van der Waals surface area contributed by atoms with E-state index in [-0.39, 0.29) is 35.8 Å². The Morgan fingerprint density at radius 2 is 2.00 bits per heavy atom. The summed E-state index contributed by atoms with van der Waals surface area (Å²) >= 11 is 0. The van der Waals surface area contributed by atoms with Crippen LogP contribution in [0.4, 0.5) is 0 Å². The van der Waals surface area contributed by atoms with Crippen LogP contribution >= 0.6 is 24.0 Å². The smallest absolute Gasteiger partial charge is 0.248 e. The maximum Gasteiger partial charge on any atom is 0.248 e. The Balaban J connectivity index is 0.000000810. The number of rotatable bonds is 0. The molecule has 1 rings (SSSR count). The summed E-state index contributed by atoms with van der Waals surface area (Å²) in [6.07, 6.45) is 0. The molecule has 5 heteroatoms. The summed E-state index contributed by atoms with van der Waals surface area (Å²) in [5, 5.41) is 7.22. The largest absolute Gasteiger partial charge is 0.336 e. The van der Waals surface area contributed by atoms with E-state index in [1.165, 1.54) is 4.90 Å². The molecule has 1 saturated heterocycles. The van der Waals surface area contributed by atoms with E-state index >= 15 is 0 Å². The standard InChI is InChI=1S/C5H9N3O.HI/c1-7-3-4(9)8(2)5(7)6;/h6H,3H2,1-2H3;1H. The molecule has 10 heavy (non-hydrogen) atoms. The Morgan fingerprint density at radius 1 is 1.50 bits per heavy atom. The average molecular weight is 255 g/mol. The van der Waals surface area contributed by atoms with Gasteiger partial charge in [0, 0.05) is 14.1 Å². The van der Waals surface area contributed by atoms with Gasteiger partial charge in [-0.1, -0.05) is 0 Å². The number of carbonyl (C=O) groups is 1. The lowest BCUT2D eigenvalue weighted by molar-refractivity contribution is -0.124. The Morgan fingerprint density at radius 3 is 2.10 bits per heavy atom. The molecule has 0 atom stereocenters. The fourth-order valence-electron chi connectivity index (χ4n) is 0.758. The minimum absolute atomic E-state index is 0. The molecule has 1 N–H and O–H groups in total. The lowest BCUT2D eigenvalue weighted by Gasteiger charge is -2.09. The zero-order valence-corrected chi connectivity index (χ0v) is 8.25. The molecule has 1 heterocycles. The van der Waals surface area contributed by atoms with Crippen molar-refractivity contribution < 1.29 is 4.79 Å². The second kappa shape index (κ2) is 3.18. The van der Waals surface area contributed by atoms with Crippen molar-refractivity contribution in [2.75, 3.05) is 20.6 Å². The maximum atomic E-state index is 10.7. The lowest BCUT2D eigenvalue weighted by atomic mass is 10.6. The number of nitrogens with zero attached hydrogens (tertiary/aromatic N) is 2. The Kier molecular flexibility index (Phi) is 3.07. The van der Waals surface area contributed by atoms with E-state index in [2.05, 4.69) is 0 Å². The molecule has 1 aliphatic rings. The molecule has 0 aromatic carbocycles. The number of guanidine groups is 1. The molecule has 0 unspecified atom stereocenters. The fourth-order valence-corrected chi connectivity index (χ4v) is 0.758. The highest BCUT2D eigenvalue weighted by atomic mass is 127. The van der Waals surface area contributed by atoms with E-state index in [1.54, 1.807) is 19.0 Å². The third-order valence-corrected chi connectivity index (χ3v) is 1.43. The average Bonchev–Trinajstić information content (AvgIpc) is 1.98. The van der Waals surface area contributed by atoms with E-state index < -0.39 is 0 Å². The number of amides is 1. The molecule has 0 spiro atoms. The Bertz CT molecular complexity index is 170. The molecular formula is C5H10IN3O. The number of nitrogens with one attached hydrogen (secondary N) is 1. The van der Waals surface area contributed by atoms with E-state index in [0.717, 1.165) is 0 Å². The van der Waals surface area contributed by atoms with Crippen LogP contribution in [0.1, 0.15) is 0 Å². The van der Waals surface area contributed by atoms with Gasteiger partial charge in [0.15, 0.2) is 0 Å². The summed E-state index contributed by atoms with van der Waals surface area (Å²) in [4.78, 5) is 13.7. The summed E-state index contributed by atoms with van der Waals surface area (Å²) in [5.74, 6) is 0.266. The van der Waals surface area contributed by atoms with E-state index in [0.29, 0.717) is 6.54 Å². The van der Waals surface area contributed by atoms with Crippen LogP contribution in [0.25, 0.3) is 0 Å². The predicted octanol–water partition coefficient (Wildman–Crippen LogP) is -0.0570. The van der Waals surface area contributed by atoms with E-state index in [4.69, 9.17) is 5.41 Å². The summed E-state index contributed by atoms with van der Waals surface area (Å²) in [6.45, 7) is 0.343. The molecule has 0 aliphatic carbocycles. The Hall–Kier alpha value is -0.330. The molecule has 1 fully saturated rings. The van der Waals surface area contributed by atoms with Crippen LogP contribution in [0, 0.1) is 5.41 Å². The fraction of sp³-hybridized carbons (Fsp3) is 0.600. The molecule has 0 aromatic heterocycles. The van der Waals surface area contributed by atoms with Crippen molar-refractivity contribution in [3.63, 3.8) is 0 Å². The van der Waals surface area contributed by atoms with Crippen molar-refractivity contribution in [1.29, 1.82) is 5.41 Å². The second-order valence-corrected chi connectivity index (χ2v) is 2.13. The van der Waals surface area contributed by atoms with Gasteiger partial charge in [0.25, 0.3) is 0 Å². The number of hydrogen-bond acceptors (Lipinski definition) is 2. The van der Waals surface area contributed by atoms with Crippen LogP contribution in [-0.2, 0) is 4.79 Å². The SMILES string of the molecule is CN1CC(=O)N(C)C1=N.I. The Labute approximate surface area is 76.7 Å². The molecule has 0 saturated carbocycles. The number of likely N-dealkylation sites (N-methyl/N-ethyl adjacent to an activating group) is 2. The van der Waals surface area contributed by atoms with Crippen molar-refractivity contribution in [3.8, 4) is 0 Å². The first-order chi connectivity index (χ1) is 4.13. The molecule has 1 aliphatic heterocycles. The molecular weight excluding hydrogens is 245 g/mol. The van der Waals surface area contributed by atoms with Crippen molar-refractivity contribution in [3.05, 3.63) is 0 Å². The second-order valence-electron chi connectivity index (χ2n) is 2.13. The van der Waals surface area contributed by atoms with Crippen LogP contribution in [0.5, 0.6) is 0 Å². The number of carbonyl (C=O) groups excluding carboxylic acids is 1. The van der Waals surface area contributed by atoms with Crippen LogP contribution in [-0.4, -0.2) is 42.3 Å². The van der Waals surface area contributed by atoms with E-state index in [1.807, 2.05) is 0 Å². The van der Waals surface area contributed by atoms with Gasteiger partial charge in [-0.15, -0.1) is 24.0 Å². The zero-order valence-electron chi connectivity index (χ0n) is 5.92. The lowest BCUT2D eigenvalue weighted by Crippen LogP contribution is -2.27. The highest BCUT2D eigenvalue weighted by Crippen LogP contribution is 2.01. The summed E-state index contributed by atoms with van der Waals surface area (Å²) < 4.78 is 0. The zero-order chi connectivity index (χ0) is 7.02. The van der Waals surface area contributed by atoms with Gasteiger partial charge >= 0.3 is 0 Å². The molecule has 4 nitrogen and oxygen atoms in total. The van der Waals surface area contributed by atoms with Gasteiger partial charge < -0.3 is 4.90 Å². The summed E-state index contributed by atoms with van der Waals surface area (Å²) in [6, 6.07) is 0. The van der Waals surface area contributed by atoms with Gasteiger partial charge in [0.2, 0.25) is 11.9 Å². The van der Waals surface area contributed by atoms with Crippen molar-refractivity contribution in [2.24, 2.45) is 0 Å². The minimum atomic E-state index is -0.0116. The highest BCUT2D eigenvalue weighted by molar-refractivity contribution is 14.0. The maximum absolute atomic E-state index is 10.7. The third kappa shape index (κ3) is 1.39. The van der Waals surface area contributed by atoms with Gasteiger partial charge in [-0.25, -0.2) is 0 Å². The first-order valence-electron chi connectivity index (χ1n) is 2.69. The summed E-state index contributed by atoms with van der Waals surface area (Å²) in [7, 11) is 3.33. The normalized spacial score (nSPS) is 17.8. The van der Waals surface area contributed by atoms with E-state index in [9.17, 15) is 4.79 Å². The third-order valence-electron chi connectivity index (χ3n) is 1.43. The molecule has 0 bridgehead atoms. The molecule has 0 radical (unpaired) electrons. The van der Waals surface area contributed by atoms with Crippen molar-refractivity contribution >= 4 is 35.8 Å². The first kappa shape index (κ1) is 9.67. The van der Waals surface area contributed by atoms with Gasteiger partial charge in [-0.05, 0) is 0 Å². The first-order valence-corrected chi connectivity index (χ1v) is 2.69. The molecule has 1 amide bonds. The highest BCUT2D eigenvalue weighted by Gasteiger charge is 2.26. The number of hydrogen-bond donors (Lipinski definition) is 1. The van der Waals surface area contributed by atoms with Crippen LogP contribution in [0.3, 0.4) is 0 Å². The van der Waals surface area contributed by atoms with Crippen LogP contribution in [0.2, 0.25) is 0 Å². The van der Waals surface area contributed by atoms with Crippen molar-refractivity contribution in [1.82, 2.24) is 9.80 Å². The minimum Gasteiger partial charge on any atom is -0.336 e. The van der Waals surface area contributed by atoms with Gasteiger partial charge in [0.1, 0.15) is 0 Å². The molecule has 58 valence electrons. The van der Waals surface area contributed by atoms with Crippen molar-refractivity contribution in [2.45, 2.75) is 0 Å². The van der Waals surface area contributed by atoms with Gasteiger partial charge in [0.05, 0.1) is 6.54 Å². The topological polar surface area (TPSA) is 47.4 Å². The quantitative estimate of drug-likeness (QED) is 0.616. The monoisotopic (exact) mass is 255 g/mol. The van der Waals surface area contributed by atoms with Gasteiger partial charge in [-0.3, -0.25) is 15.1 Å². The van der Waals surface area contributed by atoms with Gasteiger partial charge in [-0.2, -0.15) is 0 Å². The number of halogens is 1. The summed E-state index contributed by atoms with van der Waals surface area (Å²) in [5.41, 5.74) is 0. The van der Waals surface area contributed by atoms with Crippen LogP contribution in [0.15, 0.2) is 0 Å². The predicted molar refractivity (Wildman–Crippen MR) is 48.5 cm³/mol. The van der Waals surface area contributed by atoms with Crippen LogP contribution < -0.4 is 0 Å². The molecule has 0 aromatic rings.